The number of hydrogen-bond donors (Lipinski definition) is 0. The van der Waals surface area contributed by atoms with Gasteiger partial charge in [-0.25, -0.2) is 8.42 Å². The first-order valence-corrected chi connectivity index (χ1v) is 7.33. The molecule has 7 heteroatoms. The van der Waals surface area contributed by atoms with Crippen molar-refractivity contribution in [2.24, 2.45) is 0 Å². The van der Waals surface area contributed by atoms with Crippen molar-refractivity contribution in [3.05, 3.63) is 28.2 Å². The molecule has 1 rings (SSSR count). The van der Waals surface area contributed by atoms with Gasteiger partial charge in [-0.05, 0) is 18.2 Å². The number of rotatable bonds is 5. The summed E-state index contributed by atoms with van der Waals surface area (Å²) in [6.07, 6.45) is 1.85. The van der Waals surface area contributed by atoms with E-state index in [4.69, 9.17) is 23.2 Å². The lowest BCUT2D eigenvalue weighted by Gasteiger charge is -2.21. The second-order valence-electron chi connectivity index (χ2n) is 3.39. The predicted molar refractivity (Wildman–Crippen MR) is 69.3 cm³/mol. The van der Waals surface area contributed by atoms with Gasteiger partial charge in [0.2, 0.25) is 10.0 Å². The summed E-state index contributed by atoms with van der Waals surface area (Å²) < 4.78 is 24.3. The van der Waals surface area contributed by atoms with E-state index in [-0.39, 0.29) is 18.0 Å². The summed E-state index contributed by atoms with van der Waals surface area (Å²) >= 11 is 11.6. The van der Waals surface area contributed by atoms with E-state index in [1.807, 2.05) is 0 Å². The first kappa shape index (κ1) is 14.3. The van der Waals surface area contributed by atoms with Crippen LogP contribution in [0.3, 0.4) is 0 Å². The molecular formula is C10H11Cl2NO3S. The number of nitrogens with zero attached hydrogens (tertiary/aromatic N) is 1. The molecule has 0 atom stereocenters. The Morgan fingerprint density at radius 1 is 1.29 bits per heavy atom. The van der Waals surface area contributed by atoms with Crippen molar-refractivity contribution in [1.29, 1.82) is 0 Å². The van der Waals surface area contributed by atoms with Gasteiger partial charge in [-0.2, -0.15) is 0 Å². The molecule has 1 aromatic rings. The lowest BCUT2D eigenvalue weighted by molar-refractivity contribution is -0.107. The van der Waals surface area contributed by atoms with E-state index in [0.29, 0.717) is 17.0 Å². The summed E-state index contributed by atoms with van der Waals surface area (Å²) in [6.45, 7) is 0.0836. The van der Waals surface area contributed by atoms with Gasteiger partial charge in [0.05, 0.1) is 22.0 Å². The van der Waals surface area contributed by atoms with Crippen LogP contribution < -0.4 is 4.31 Å². The third-order valence-electron chi connectivity index (χ3n) is 2.04. The lowest BCUT2D eigenvalue weighted by Crippen LogP contribution is -2.31. The fourth-order valence-corrected chi connectivity index (χ4v) is 2.52. The minimum Gasteiger partial charge on any atom is -0.303 e. The number of hydrogen-bond acceptors (Lipinski definition) is 3. The maximum atomic E-state index is 11.6. The monoisotopic (exact) mass is 295 g/mol. The van der Waals surface area contributed by atoms with E-state index in [0.717, 1.165) is 10.6 Å². The van der Waals surface area contributed by atoms with Crippen LogP contribution in [0.5, 0.6) is 0 Å². The Morgan fingerprint density at radius 3 is 2.41 bits per heavy atom. The van der Waals surface area contributed by atoms with Crippen molar-refractivity contribution in [1.82, 2.24) is 0 Å². The van der Waals surface area contributed by atoms with E-state index in [9.17, 15) is 13.2 Å². The molecule has 0 radical (unpaired) electrons. The molecule has 0 heterocycles. The summed E-state index contributed by atoms with van der Waals surface area (Å²) in [4.78, 5) is 10.3. The molecule has 0 aliphatic carbocycles. The highest BCUT2D eigenvalue weighted by atomic mass is 35.5. The maximum Gasteiger partial charge on any atom is 0.232 e. The van der Waals surface area contributed by atoms with Gasteiger partial charge in [-0.15, -0.1) is 0 Å². The minimum absolute atomic E-state index is 0.0836. The molecule has 0 bridgehead atoms. The fraction of sp³-hybridized carbons (Fsp3) is 0.300. The Labute approximate surface area is 110 Å². The minimum atomic E-state index is -3.45. The van der Waals surface area contributed by atoms with Crippen LogP contribution in [0.25, 0.3) is 0 Å². The quantitative estimate of drug-likeness (QED) is 0.784. The van der Waals surface area contributed by atoms with Crippen molar-refractivity contribution < 1.29 is 13.2 Å². The van der Waals surface area contributed by atoms with E-state index in [1.165, 1.54) is 12.1 Å². The molecule has 0 saturated carbocycles. The largest absolute Gasteiger partial charge is 0.303 e. The average molecular weight is 296 g/mol. The highest BCUT2D eigenvalue weighted by Gasteiger charge is 2.17. The van der Waals surface area contributed by atoms with Gasteiger partial charge in [0.25, 0.3) is 0 Å². The summed E-state index contributed by atoms with van der Waals surface area (Å²) in [5, 5.41) is 0.614. The van der Waals surface area contributed by atoms with E-state index in [2.05, 4.69) is 0 Å². The van der Waals surface area contributed by atoms with E-state index in [1.54, 1.807) is 6.07 Å². The molecule has 0 N–H and O–H groups in total. The fourth-order valence-electron chi connectivity index (χ4n) is 1.30. The Morgan fingerprint density at radius 2 is 1.94 bits per heavy atom. The van der Waals surface area contributed by atoms with Crippen LogP contribution in [-0.4, -0.2) is 27.5 Å². The lowest BCUT2D eigenvalue weighted by atomic mass is 10.3. The first-order chi connectivity index (χ1) is 7.86. The van der Waals surface area contributed by atoms with Crippen LogP contribution in [0.4, 0.5) is 5.69 Å². The molecule has 94 valence electrons. The van der Waals surface area contributed by atoms with Crippen LogP contribution in [0.2, 0.25) is 10.0 Å². The normalized spacial score (nSPS) is 11.2. The van der Waals surface area contributed by atoms with Crippen LogP contribution in [0.1, 0.15) is 6.42 Å². The van der Waals surface area contributed by atoms with Gasteiger partial charge in [0, 0.05) is 13.0 Å². The SMILES string of the molecule is CS(=O)(=O)N(CCC=O)c1ccc(Cl)c(Cl)c1. The molecule has 0 aliphatic rings. The molecule has 17 heavy (non-hydrogen) atoms. The molecule has 0 saturated heterocycles. The Bertz CT molecular complexity index is 516. The molecule has 1 aromatic carbocycles. The number of benzene rings is 1. The van der Waals surface area contributed by atoms with Crippen LogP contribution in [0, 0.1) is 0 Å². The van der Waals surface area contributed by atoms with Crippen LogP contribution in [-0.2, 0) is 14.8 Å². The van der Waals surface area contributed by atoms with Gasteiger partial charge in [0.1, 0.15) is 6.29 Å². The van der Waals surface area contributed by atoms with Crippen molar-refractivity contribution >= 4 is 45.2 Å². The highest BCUT2D eigenvalue weighted by Crippen LogP contribution is 2.28. The standard InChI is InChI=1S/C10H11Cl2NO3S/c1-17(15,16)13(5-2-6-14)8-3-4-9(11)10(12)7-8/h3-4,6-7H,2,5H2,1H3. The topological polar surface area (TPSA) is 54.5 Å². The molecule has 0 fully saturated rings. The summed E-state index contributed by atoms with van der Waals surface area (Å²) in [5.41, 5.74) is 0.392. The van der Waals surface area contributed by atoms with Gasteiger partial charge in [-0.1, -0.05) is 23.2 Å². The van der Waals surface area contributed by atoms with Gasteiger partial charge < -0.3 is 4.79 Å². The maximum absolute atomic E-state index is 11.6. The second kappa shape index (κ2) is 5.71. The molecule has 4 nitrogen and oxygen atoms in total. The molecule has 0 amide bonds. The Hall–Kier alpha value is -0.780. The summed E-state index contributed by atoms with van der Waals surface area (Å²) in [6, 6.07) is 4.51. The number of anilines is 1. The van der Waals surface area contributed by atoms with Crippen LogP contribution in [0.15, 0.2) is 18.2 Å². The molecular weight excluding hydrogens is 285 g/mol. The Balaban J connectivity index is 3.13. The second-order valence-corrected chi connectivity index (χ2v) is 6.11. The zero-order valence-electron chi connectivity index (χ0n) is 9.06. The molecule has 0 aromatic heterocycles. The van der Waals surface area contributed by atoms with Crippen molar-refractivity contribution in [3.63, 3.8) is 0 Å². The molecule has 0 unspecified atom stereocenters. The van der Waals surface area contributed by atoms with Crippen molar-refractivity contribution in [2.45, 2.75) is 6.42 Å². The number of carbonyl (C=O) groups is 1. The molecule has 0 aliphatic heterocycles. The third-order valence-corrected chi connectivity index (χ3v) is 3.97. The number of halogens is 2. The van der Waals surface area contributed by atoms with Gasteiger partial charge in [0.15, 0.2) is 0 Å². The van der Waals surface area contributed by atoms with Gasteiger partial charge in [-0.3, -0.25) is 4.31 Å². The predicted octanol–water partition coefficient (Wildman–Crippen LogP) is 2.35. The summed E-state index contributed by atoms with van der Waals surface area (Å²) in [7, 11) is -3.45. The van der Waals surface area contributed by atoms with E-state index < -0.39 is 10.0 Å². The van der Waals surface area contributed by atoms with E-state index >= 15 is 0 Å². The van der Waals surface area contributed by atoms with Gasteiger partial charge >= 0.3 is 0 Å². The smallest absolute Gasteiger partial charge is 0.232 e. The van der Waals surface area contributed by atoms with Crippen LogP contribution >= 0.6 is 23.2 Å². The highest BCUT2D eigenvalue weighted by molar-refractivity contribution is 7.92. The first-order valence-electron chi connectivity index (χ1n) is 4.72. The average Bonchev–Trinajstić information content (AvgIpc) is 2.22. The number of aldehydes is 1. The third kappa shape index (κ3) is 3.87. The Kier molecular flexibility index (Phi) is 4.80. The number of carbonyl (C=O) groups excluding carboxylic acids is 1. The zero-order valence-corrected chi connectivity index (χ0v) is 11.4. The zero-order chi connectivity index (χ0) is 13.1. The van der Waals surface area contributed by atoms with Crippen molar-refractivity contribution in [2.75, 3.05) is 17.1 Å². The number of sulfonamides is 1. The van der Waals surface area contributed by atoms with Crippen molar-refractivity contribution in [3.8, 4) is 0 Å². The summed E-state index contributed by atoms with van der Waals surface area (Å²) in [5.74, 6) is 0. The molecule has 0 spiro atoms.